The Bertz CT molecular complexity index is 787. The van der Waals surface area contributed by atoms with Crippen molar-refractivity contribution in [1.29, 1.82) is 0 Å². The smallest absolute Gasteiger partial charge is 0.337 e. The summed E-state index contributed by atoms with van der Waals surface area (Å²) in [4.78, 5) is 34.9. The quantitative estimate of drug-likeness (QED) is 0.741. The van der Waals surface area contributed by atoms with Crippen molar-refractivity contribution in [3.8, 4) is 0 Å². The molecule has 7 heteroatoms. The highest BCUT2D eigenvalue weighted by atomic mass is 16.5. The number of ether oxygens (including phenoxy) is 2. The van der Waals surface area contributed by atoms with Crippen molar-refractivity contribution in [2.75, 3.05) is 31.4 Å². The number of amides is 1. The third kappa shape index (κ3) is 5.34. The number of rotatable bonds is 7. The van der Waals surface area contributed by atoms with Crippen LogP contribution in [0.15, 0.2) is 48.5 Å². The highest BCUT2D eigenvalue weighted by Gasteiger charge is 2.08. The van der Waals surface area contributed by atoms with Gasteiger partial charge in [-0.2, -0.15) is 0 Å². The number of nitrogens with one attached hydrogen (secondary N) is 2. The lowest BCUT2D eigenvalue weighted by Gasteiger charge is -2.09. The van der Waals surface area contributed by atoms with E-state index in [1.165, 1.54) is 14.2 Å². The molecule has 0 fully saturated rings. The molecule has 0 saturated carbocycles. The molecule has 136 valence electrons. The molecule has 0 aromatic heterocycles. The van der Waals surface area contributed by atoms with Crippen LogP contribution in [0.5, 0.6) is 0 Å². The minimum atomic E-state index is -0.460. The summed E-state index contributed by atoms with van der Waals surface area (Å²) in [7, 11) is 2.63. The van der Waals surface area contributed by atoms with Crippen LogP contribution in [0.3, 0.4) is 0 Å². The average Bonchev–Trinajstić information content (AvgIpc) is 2.67. The lowest BCUT2D eigenvalue weighted by Crippen LogP contribution is -2.16. The molecule has 0 atom stereocenters. The largest absolute Gasteiger partial charge is 0.465 e. The van der Waals surface area contributed by atoms with E-state index in [0.717, 1.165) is 5.69 Å². The van der Waals surface area contributed by atoms with Crippen molar-refractivity contribution in [2.24, 2.45) is 0 Å². The predicted molar refractivity (Wildman–Crippen MR) is 97.3 cm³/mol. The van der Waals surface area contributed by atoms with Gasteiger partial charge in [0.2, 0.25) is 5.91 Å². The van der Waals surface area contributed by atoms with Gasteiger partial charge >= 0.3 is 11.9 Å². The van der Waals surface area contributed by atoms with E-state index >= 15 is 0 Å². The van der Waals surface area contributed by atoms with Gasteiger partial charge in [-0.15, -0.1) is 0 Å². The van der Waals surface area contributed by atoms with Crippen LogP contribution in [0.4, 0.5) is 11.4 Å². The second-order valence-corrected chi connectivity index (χ2v) is 5.37. The van der Waals surface area contributed by atoms with Crippen molar-refractivity contribution in [1.82, 2.24) is 0 Å². The zero-order valence-electron chi connectivity index (χ0n) is 14.6. The molecule has 2 N–H and O–H groups in total. The minimum absolute atomic E-state index is 0.189. The van der Waals surface area contributed by atoms with Crippen molar-refractivity contribution >= 4 is 29.2 Å². The Balaban J connectivity index is 1.82. The Morgan fingerprint density at radius 2 is 1.50 bits per heavy atom. The van der Waals surface area contributed by atoms with E-state index in [1.807, 2.05) is 0 Å². The lowest BCUT2D eigenvalue weighted by molar-refractivity contribution is -0.115. The van der Waals surface area contributed by atoms with Gasteiger partial charge in [0.25, 0.3) is 0 Å². The van der Waals surface area contributed by atoms with Crippen LogP contribution in [0, 0.1) is 0 Å². The monoisotopic (exact) mass is 356 g/mol. The molecule has 2 aromatic rings. The van der Waals surface area contributed by atoms with Crippen LogP contribution >= 0.6 is 0 Å². The van der Waals surface area contributed by atoms with Gasteiger partial charge in [0.05, 0.1) is 25.3 Å². The van der Waals surface area contributed by atoms with Crippen LogP contribution in [0.25, 0.3) is 0 Å². The molecule has 0 bridgehead atoms. The Morgan fingerprint density at radius 3 is 2.15 bits per heavy atom. The van der Waals surface area contributed by atoms with E-state index in [0.29, 0.717) is 23.4 Å². The van der Waals surface area contributed by atoms with Crippen LogP contribution in [0.2, 0.25) is 0 Å². The number of anilines is 2. The summed E-state index contributed by atoms with van der Waals surface area (Å²) in [5, 5.41) is 5.83. The molecule has 0 saturated heterocycles. The van der Waals surface area contributed by atoms with E-state index < -0.39 is 11.9 Å². The highest BCUT2D eigenvalue weighted by molar-refractivity contribution is 5.94. The predicted octanol–water partition coefficient (Wildman–Crippen LogP) is 2.70. The Morgan fingerprint density at radius 1 is 0.846 bits per heavy atom. The van der Waals surface area contributed by atoms with Crippen LogP contribution in [-0.4, -0.2) is 38.6 Å². The van der Waals surface area contributed by atoms with E-state index in [9.17, 15) is 14.4 Å². The molecular weight excluding hydrogens is 336 g/mol. The lowest BCUT2D eigenvalue weighted by atomic mass is 10.2. The molecule has 0 spiro atoms. The fourth-order valence-electron chi connectivity index (χ4n) is 2.23. The molecular formula is C19H20N2O5. The maximum absolute atomic E-state index is 12.0. The van der Waals surface area contributed by atoms with Crippen molar-refractivity contribution in [3.05, 3.63) is 59.7 Å². The summed E-state index contributed by atoms with van der Waals surface area (Å²) in [5.74, 6) is -1.05. The molecule has 2 aromatic carbocycles. The molecule has 1 amide bonds. The SMILES string of the molecule is COC(=O)c1ccc(NCCC(=O)Nc2cccc(C(=O)OC)c2)cc1. The molecule has 0 heterocycles. The van der Waals surface area contributed by atoms with Crippen molar-refractivity contribution in [3.63, 3.8) is 0 Å². The first-order valence-electron chi connectivity index (χ1n) is 7.94. The molecule has 0 aliphatic heterocycles. The zero-order valence-corrected chi connectivity index (χ0v) is 14.6. The molecule has 26 heavy (non-hydrogen) atoms. The number of benzene rings is 2. The molecule has 0 unspecified atom stereocenters. The summed E-state index contributed by atoms with van der Waals surface area (Å²) in [5.41, 5.74) is 2.15. The first kappa shape index (κ1) is 19.0. The third-order valence-corrected chi connectivity index (χ3v) is 3.55. The summed E-state index contributed by atoms with van der Waals surface area (Å²) in [6, 6.07) is 13.3. The van der Waals surface area contributed by atoms with E-state index in [2.05, 4.69) is 20.1 Å². The van der Waals surface area contributed by atoms with Crippen molar-refractivity contribution in [2.45, 2.75) is 6.42 Å². The third-order valence-electron chi connectivity index (χ3n) is 3.55. The van der Waals surface area contributed by atoms with Crippen molar-refractivity contribution < 1.29 is 23.9 Å². The highest BCUT2D eigenvalue weighted by Crippen LogP contribution is 2.13. The first-order valence-corrected chi connectivity index (χ1v) is 7.94. The normalized spacial score (nSPS) is 9.92. The summed E-state index contributed by atoms with van der Waals surface area (Å²) in [6.07, 6.45) is 0.237. The van der Waals surface area contributed by atoms with Gasteiger partial charge < -0.3 is 20.1 Å². The van der Waals surface area contributed by atoms with Gasteiger partial charge in [-0.1, -0.05) is 6.07 Å². The van der Waals surface area contributed by atoms with Crippen LogP contribution in [-0.2, 0) is 14.3 Å². The number of methoxy groups -OCH3 is 2. The Kier molecular flexibility index (Phi) is 6.73. The maximum Gasteiger partial charge on any atom is 0.337 e. The summed E-state index contributed by atoms with van der Waals surface area (Å²) < 4.78 is 9.28. The van der Waals surface area contributed by atoms with Gasteiger partial charge in [-0.25, -0.2) is 9.59 Å². The Labute approximate surface area is 151 Å². The fourth-order valence-corrected chi connectivity index (χ4v) is 2.23. The first-order chi connectivity index (χ1) is 12.5. The second kappa shape index (κ2) is 9.22. The fraction of sp³-hybridized carbons (Fsp3) is 0.211. The van der Waals surface area contributed by atoms with Gasteiger partial charge in [0.1, 0.15) is 0 Å². The van der Waals surface area contributed by atoms with Gasteiger partial charge in [-0.05, 0) is 42.5 Å². The van der Waals surface area contributed by atoms with Gasteiger partial charge in [0, 0.05) is 24.3 Å². The maximum atomic E-state index is 12.0. The second-order valence-electron chi connectivity index (χ2n) is 5.37. The number of esters is 2. The van der Waals surface area contributed by atoms with Gasteiger partial charge in [0.15, 0.2) is 0 Å². The number of hydrogen-bond acceptors (Lipinski definition) is 6. The number of carbonyl (C=O) groups excluding carboxylic acids is 3. The van der Waals surface area contributed by atoms with E-state index in [-0.39, 0.29) is 12.3 Å². The number of carbonyl (C=O) groups is 3. The standard InChI is InChI=1S/C19H20N2O5/c1-25-18(23)13-6-8-15(9-7-13)20-11-10-17(22)21-16-5-3-4-14(12-16)19(24)26-2/h3-9,12,20H,10-11H2,1-2H3,(H,21,22). The zero-order chi connectivity index (χ0) is 18.9. The van der Waals surface area contributed by atoms with Crippen LogP contribution < -0.4 is 10.6 Å². The Hall–Kier alpha value is -3.35. The molecule has 0 radical (unpaired) electrons. The summed E-state index contributed by atoms with van der Waals surface area (Å²) in [6.45, 7) is 0.417. The molecule has 2 rings (SSSR count). The van der Waals surface area contributed by atoms with Gasteiger partial charge in [-0.3, -0.25) is 4.79 Å². The molecule has 0 aliphatic rings. The topological polar surface area (TPSA) is 93.7 Å². The average molecular weight is 356 g/mol. The minimum Gasteiger partial charge on any atom is -0.465 e. The number of hydrogen-bond donors (Lipinski definition) is 2. The van der Waals surface area contributed by atoms with Crippen LogP contribution in [0.1, 0.15) is 27.1 Å². The van der Waals surface area contributed by atoms with E-state index in [1.54, 1.807) is 48.5 Å². The van der Waals surface area contributed by atoms with E-state index in [4.69, 9.17) is 0 Å². The summed E-state index contributed by atoms with van der Waals surface area (Å²) >= 11 is 0. The molecule has 0 aliphatic carbocycles. The molecule has 7 nitrogen and oxygen atoms in total.